The van der Waals surface area contributed by atoms with Crippen LogP contribution in [-0.2, 0) is 0 Å². The molecule has 4 aliphatic rings. The summed E-state index contributed by atoms with van der Waals surface area (Å²) in [6.45, 7) is 0. The lowest BCUT2D eigenvalue weighted by Crippen LogP contribution is -2.43. The third-order valence-electron chi connectivity index (χ3n) is 6.17. The SMILES string of the molecule is Oc1ccc2c(C3C4CC5CC(C4)CC3C5)csc2c1. The van der Waals surface area contributed by atoms with Gasteiger partial charge in [-0.1, -0.05) is 0 Å². The van der Waals surface area contributed by atoms with Crippen LogP contribution in [0.1, 0.15) is 43.6 Å². The van der Waals surface area contributed by atoms with E-state index in [4.69, 9.17) is 0 Å². The van der Waals surface area contributed by atoms with E-state index in [-0.39, 0.29) is 0 Å². The molecule has 20 heavy (non-hydrogen) atoms. The quantitative estimate of drug-likeness (QED) is 0.768. The van der Waals surface area contributed by atoms with E-state index in [1.807, 2.05) is 23.5 Å². The Labute approximate surface area is 123 Å². The maximum atomic E-state index is 9.66. The lowest BCUT2D eigenvalue weighted by atomic mass is 9.51. The van der Waals surface area contributed by atoms with Crippen LogP contribution in [-0.4, -0.2) is 5.11 Å². The molecule has 1 aromatic carbocycles. The number of hydrogen-bond donors (Lipinski definition) is 1. The van der Waals surface area contributed by atoms with Crippen LogP contribution in [0, 0.1) is 23.7 Å². The van der Waals surface area contributed by atoms with Crippen LogP contribution in [0.4, 0.5) is 0 Å². The molecular formula is C18H20OS. The van der Waals surface area contributed by atoms with Gasteiger partial charge in [0.2, 0.25) is 0 Å². The zero-order chi connectivity index (χ0) is 13.3. The first kappa shape index (κ1) is 11.6. The fourth-order valence-corrected chi connectivity index (χ4v) is 6.77. The normalized spacial score (nSPS) is 38.7. The third kappa shape index (κ3) is 1.54. The van der Waals surface area contributed by atoms with Crippen molar-refractivity contribution in [1.82, 2.24) is 0 Å². The lowest BCUT2D eigenvalue weighted by Gasteiger charge is -2.54. The van der Waals surface area contributed by atoms with Gasteiger partial charge in [0, 0.05) is 4.70 Å². The Kier molecular flexibility index (Phi) is 2.33. The van der Waals surface area contributed by atoms with E-state index < -0.39 is 0 Å². The third-order valence-corrected chi connectivity index (χ3v) is 7.14. The first-order chi connectivity index (χ1) is 9.78. The molecule has 104 valence electrons. The number of fused-ring (bicyclic) bond motifs is 1. The number of aromatic hydroxyl groups is 1. The highest BCUT2D eigenvalue weighted by molar-refractivity contribution is 7.17. The summed E-state index contributed by atoms with van der Waals surface area (Å²) in [5.74, 6) is 5.18. The highest BCUT2D eigenvalue weighted by Crippen LogP contribution is 2.60. The molecule has 2 heteroatoms. The van der Waals surface area contributed by atoms with E-state index in [2.05, 4.69) is 11.4 Å². The van der Waals surface area contributed by atoms with Crippen molar-refractivity contribution in [1.29, 1.82) is 0 Å². The van der Waals surface area contributed by atoms with Crippen LogP contribution < -0.4 is 0 Å². The van der Waals surface area contributed by atoms with Crippen molar-refractivity contribution in [3.63, 3.8) is 0 Å². The first-order valence-corrected chi connectivity index (χ1v) is 8.86. The number of rotatable bonds is 1. The summed E-state index contributed by atoms with van der Waals surface area (Å²) in [4.78, 5) is 0. The van der Waals surface area contributed by atoms with Gasteiger partial charge >= 0.3 is 0 Å². The number of phenols is 1. The minimum absolute atomic E-state index is 0.399. The molecule has 1 aromatic heterocycles. The summed E-state index contributed by atoms with van der Waals surface area (Å²) in [6.07, 6.45) is 7.44. The molecule has 0 saturated heterocycles. The zero-order valence-corrected chi connectivity index (χ0v) is 12.4. The van der Waals surface area contributed by atoms with Crippen molar-refractivity contribution < 1.29 is 5.11 Å². The molecule has 1 nitrogen and oxygen atoms in total. The Morgan fingerprint density at radius 3 is 2.35 bits per heavy atom. The smallest absolute Gasteiger partial charge is 0.117 e. The second kappa shape index (κ2) is 4.00. The van der Waals surface area contributed by atoms with Gasteiger partial charge in [-0.15, -0.1) is 11.3 Å². The minimum Gasteiger partial charge on any atom is -0.508 e. The van der Waals surface area contributed by atoms with E-state index in [1.165, 1.54) is 42.2 Å². The fraction of sp³-hybridized carbons (Fsp3) is 0.556. The van der Waals surface area contributed by atoms with Crippen LogP contribution >= 0.6 is 11.3 Å². The maximum absolute atomic E-state index is 9.66. The molecule has 4 fully saturated rings. The summed E-state index contributed by atoms with van der Waals surface area (Å²) in [6, 6.07) is 5.93. The molecule has 0 aliphatic heterocycles. The van der Waals surface area contributed by atoms with E-state index in [0.717, 1.165) is 29.6 Å². The highest BCUT2D eigenvalue weighted by atomic mass is 32.1. The monoisotopic (exact) mass is 284 g/mol. The molecule has 4 saturated carbocycles. The molecular weight excluding hydrogens is 264 g/mol. The molecule has 2 aromatic rings. The fourth-order valence-electron chi connectivity index (χ4n) is 5.73. The molecule has 4 aliphatic carbocycles. The maximum Gasteiger partial charge on any atom is 0.117 e. The van der Waals surface area contributed by atoms with Crippen molar-refractivity contribution in [3.8, 4) is 5.75 Å². The van der Waals surface area contributed by atoms with Crippen molar-refractivity contribution in [2.24, 2.45) is 23.7 Å². The first-order valence-electron chi connectivity index (χ1n) is 7.98. The zero-order valence-electron chi connectivity index (χ0n) is 11.6. The van der Waals surface area contributed by atoms with Crippen LogP contribution in [0.25, 0.3) is 10.1 Å². The van der Waals surface area contributed by atoms with Gasteiger partial charge < -0.3 is 5.11 Å². The van der Waals surface area contributed by atoms with Gasteiger partial charge in [0.25, 0.3) is 0 Å². The summed E-state index contributed by atoms with van der Waals surface area (Å²) >= 11 is 1.81. The molecule has 4 bridgehead atoms. The number of phenolic OH excluding ortho intramolecular Hbond substituents is 1. The average molecular weight is 284 g/mol. The van der Waals surface area contributed by atoms with Crippen molar-refractivity contribution >= 4 is 21.4 Å². The number of thiophene rings is 1. The molecule has 1 N–H and O–H groups in total. The molecule has 0 unspecified atom stereocenters. The van der Waals surface area contributed by atoms with Crippen LogP contribution in [0.3, 0.4) is 0 Å². The Bertz CT molecular complexity index is 643. The van der Waals surface area contributed by atoms with Gasteiger partial charge in [0.15, 0.2) is 0 Å². The largest absolute Gasteiger partial charge is 0.508 e. The molecule has 1 heterocycles. The minimum atomic E-state index is 0.399. The molecule has 0 atom stereocenters. The van der Waals surface area contributed by atoms with Crippen LogP contribution in [0.15, 0.2) is 23.6 Å². The second-order valence-electron chi connectivity index (χ2n) is 7.33. The van der Waals surface area contributed by atoms with Gasteiger partial charge in [-0.3, -0.25) is 0 Å². The van der Waals surface area contributed by atoms with E-state index in [1.54, 1.807) is 5.56 Å². The predicted molar refractivity (Wildman–Crippen MR) is 83.3 cm³/mol. The molecule has 0 radical (unpaired) electrons. The Morgan fingerprint density at radius 1 is 0.950 bits per heavy atom. The average Bonchev–Trinajstić information content (AvgIpc) is 2.80. The standard InChI is InChI=1S/C18H20OS/c19-14-1-2-15-16(9-20-17(15)8-14)18-12-4-10-3-11(6-12)7-13(18)5-10/h1-2,8-13,18-19H,3-7H2. The topological polar surface area (TPSA) is 20.2 Å². The van der Waals surface area contributed by atoms with E-state index in [9.17, 15) is 5.11 Å². The Balaban J connectivity index is 1.61. The Morgan fingerprint density at radius 2 is 1.65 bits per heavy atom. The summed E-state index contributed by atoms with van der Waals surface area (Å²) < 4.78 is 1.26. The molecule has 0 amide bonds. The summed E-state index contributed by atoms with van der Waals surface area (Å²) in [5, 5.41) is 13.5. The van der Waals surface area contributed by atoms with Crippen LogP contribution in [0.2, 0.25) is 0 Å². The summed E-state index contributed by atoms with van der Waals surface area (Å²) in [5.41, 5.74) is 1.60. The molecule has 0 spiro atoms. The number of benzene rings is 1. The van der Waals surface area contributed by atoms with Crippen LogP contribution in [0.5, 0.6) is 5.75 Å². The summed E-state index contributed by atoms with van der Waals surface area (Å²) in [7, 11) is 0. The van der Waals surface area contributed by atoms with Gasteiger partial charge in [0.05, 0.1) is 0 Å². The van der Waals surface area contributed by atoms with Crippen molar-refractivity contribution in [2.45, 2.75) is 38.0 Å². The van der Waals surface area contributed by atoms with Gasteiger partial charge in [-0.25, -0.2) is 0 Å². The van der Waals surface area contributed by atoms with Crippen molar-refractivity contribution in [3.05, 3.63) is 29.1 Å². The second-order valence-corrected chi connectivity index (χ2v) is 8.24. The number of hydrogen-bond acceptors (Lipinski definition) is 2. The van der Waals surface area contributed by atoms with Gasteiger partial charge in [-0.05, 0) is 96.2 Å². The predicted octanol–water partition coefficient (Wildman–Crippen LogP) is 5.15. The lowest BCUT2D eigenvalue weighted by molar-refractivity contribution is -0.00219. The van der Waals surface area contributed by atoms with Crippen molar-refractivity contribution in [2.75, 3.05) is 0 Å². The molecule has 6 rings (SSSR count). The van der Waals surface area contributed by atoms with E-state index >= 15 is 0 Å². The highest BCUT2D eigenvalue weighted by Gasteiger charge is 2.48. The van der Waals surface area contributed by atoms with Gasteiger partial charge in [0.1, 0.15) is 5.75 Å². The van der Waals surface area contributed by atoms with E-state index in [0.29, 0.717) is 5.75 Å². The Hall–Kier alpha value is -1.02. The van der Waals surface area contributed by atoms with Gasteiger partial charge in [-0.2, -0.15) is 0 Å².